The second-order valence-corrected chi connectivity index (χ2v) is 23.0. The molecule has 4 aromatic rings. The van der Waals surface area contributed by atoms with E-state index in [0.29, 0.717) is 77.4 Å². The number of hydrogen-bond donors (Lipinski definition) is 4. The van der Waals surface area contributed by atoms with Crippen LogP contribution in [0.25, 0.3) is 0 Å². The molecule has 4 fully saturated rings. The predicted molar refractivity (Wildman–Crippen MR) is 294 cm³/mol. The minimum Gasteiger partial charge on any atom is -0.349 e. The molecule has 74 heavy (non-hydrogen) atoms. The van der Waals surface area contributed by atoms with Gasteiger partial charge >= 0.3 is 0 Å². The summed E-state index contributed by atoms with van der Waals surface area (Å²) in [5.41, 5.74) is 5.15. The summed E-state index contributed by atoms with van der Waals surface area (Å²) in [6.45, 7) is 22.5. The van der Waals surface area contributed by atoms with Gasteiger partial charge in [0.05, 0.1) is 22.5 Å². The number of carbonyl (C=O) groups is 6. The minimum absolute atomic E-state index is 0.00725. The summed E-state index contributed by atoms with van der Waals surface area (Å²) < 4.78 is 0. The molecule has 0 aromatic heterocycles. The molecule has 4 aliphatic rings. The van der Waals surface area contributed by atoms with Crippen LogP contribution in [0.2, 0.25) is 0 Å². The number of carbonyl (C=O) groups excluding carboxylic acids is 6. The lowest BCUT2D eigenvalue weighted by Crippen LogP contribution is -2.53. The summed E-state index contributed by atoms with van der Waals surface area (Å²) in [6, 6.07) is 25.3. The summed E-state index contributed by atoms with van der Waals surface area (Å²) in [5.74, 6) is -1.26. The van der Waals surface area contributed by atoms with Gasteiger partial charge in [0.15, 0.2) is 0 Å². The molecule has 14 nitrogen and oxygen atoms in total. The molecule has 0 bridgehead atoms. The molecule has 4 saturated heterocycles. The fourth-order valence-corrected chi connectivity index (χ4v) is 11.2. The van der Waals surface area contributed by atoms with E-state index in [1.807, 2.05) is 42.5 Å². The van der Waals surface area contributed by atoms with Gasteiger partial charge in [0.1, 0.15) is 0 Å². The lowest BCUT2D eigenvalue weighted by atomic mass is 9.85. The highest BCUT2D eigenvalue weighted by molar-refractivity contribution is 6.11. The number of likely N-dealkylation sites (tertiary alicyclic amines) is 2. The van der Waals surface area contributed by atoms with Crippen molar-refractivity contribution in [3.05, 3.63) is 118 Å². The van der Waals surface area contributed by atoms with Gasteiger partial charge in [-0.15, -0.1) is 0 Å². The number of rotatable bonds is 15. The number of nitrogens with one attached hydrogen (secondary N) is 4. The number of benzene rings is 4. The summed E-state index contributed by atoms with van der Waals surface area (Å²) >= 11 is 0. The van der Waals surface area contributed by atoms with Crippen molar-refractivity contribution in [2.45, 2.75) is 142 Å². The van der Waals surface area contributed by atoms with E-state index in [0.717, 1.165) is 82.4 Å². The molecule has 6 amide bonds. The van der Waals surface area contributed by atoms with Crippen molar-refractivity contribution < 1.29 is 28.8 Å². The van der Waals surface area contributed by atoms with E-state index in [4.69, 9.17) is 0 Å². The van der Waals surface area contributed by atoms with Crippen molar-refractivity contribution in [2.24, 2.45) is 5.92 Å². The first kappa shape index (κ1) is 53.9. The number of anilines is 4. The van der Waals surface area contributed by atoms with Crippen LogP contribution in [0.5, 0.6) is 0 Å². The van der Waals surface area contributed by atoms with Gasteiger partial charge < -0.3 is 36.0 Å². The Morgan fingerprint density at radius 1 is 0.581 bits per heavy atom. The van der Waals surface area contributed by atoms with Crippen LogP contribution in [0.3, 0.4) is 0 Å². The van der Waals surface area contributed by atoms with Crippen LogP contribution in [0.4, 0.5) is 22.7 Å². The number of piperidine rings is 2. The van der Waals surface area contributed by atoms with Crippen molar-refractivity contribution in [1.82, 2.24) is 20.4 Å². The molecule has 4 heterocycles. The highest BCUT2D eigenvalue weighted by atomic mass is 16.2. The molecule has 8 rings (SSSR count). The quantitative estimate of drug-likeness (QED) is 0.0916. The van der Waals surface area contributed by atoms with E-state index in [-0.39, 0.29) is 70.3 Å². The third-order valence-electron chi connectivity index (χ3n) is 15.4. The highest BCUT2D eigenvalue weighted by Crippen LogP contribution is 2.36. The zero-order valence-corrected chi connectivity index (χ0v) is 44.9. The SMILES string of the molecule is CCCN1CCC(NC(=O)c2ccc(C(C)(C)C)cc2NC(=O)c2cccc(N3CC(C4CC(NC(=O)c5cc(C(C)(C)C)ccc5NC(=O)c5cccc(N6CCCC6=O)c5)CCN4CCC)CC3=O)c2)CC1. The second-order valence-electron chi connectivity index (χ2n) is 23.0. The molecule has 4 aliphatic heterocycles. The van der Waals surface area contributed by atoms with Crippen molar-refractivity contribution in [3.63, 3.8) is 0 Å². The van der Waals surface area contributed by atoms with Crippen molar-refractivity contribution >= 4 is 58.2 Å². The molecule has 0 radical (unpaired) electrons. The van der Waals surface area contributed by atoms with E-state index >= 15 is 0 Å². The summed E-state index contributed by atoms with van der Waals surface area (Å²) in [6.07, 6.45) is 6.76. The molecule has 394 valence electrons. The lowest BCUT2D eigenvalue weighted by Gasteiger charge is -2.42. The first-order valence-electron chi connectivity index (χ1n) is 27.1. The third-order valence-corrected chi connectivity index (χ3v) is 15.4. The van der Waals surface area contributed by atoms with Crippen LogP contribution in [-0.2, 0) is 20.4 Å². The first-order valence-corrected chi connectivity index (χ1v) is 27.1. The maximum Gasteiger partial charge on any atom is 0.255 e. The van der Waals surface area contributed by atoms with Crippen molar-refractivity contribution in [2.75, 3.05) is 66.2 Å². The molecule has 0 aliphatic carbocycles. The van der Waals surface area contributed by atoms with E-state index in [1.165, 1.54) is 0 Å². The van der Waals surface area contributed by atoms with Crippen LogP contribution < -0.4 is 31.1 Å². The molecule has 0 spiro atoms. The standard InChI is InChI=1S/C60H78N8O6/c1-9-26-65-29-23-44(24-30-65)61-57(73)48-21-19-43(60(6,7)8)36-51(48)64-56(72)40-15-12-17-47(33-40)68-38-41(34-54(68)70)52-37-45(25-31-66(52)27-10-2)62-58(74)49-35-42(59(3,4)5)20-22-50(49)63-55(71)39-14-11-16-46(32-39)67-28-13-18-53(67)69/h11-12,14-17,19-22,32-33,35-36,41,44-45,52H,9-10,13,18,23-31,34,37-38H2,1-8H3,(H,61,73)(H,62,74)(H,63,71)(H,64,72). The van der Waals surface area contributed by atoms with Gasteiger partial charge in [-0.25, -0.2) is 0 Å². The molecule has 14 heteroatoms. The third kappa shape index (κ3) is 12.7. The van der Waals surface area contributed by atoms with Crippen LogP contribution >= 0.6 is 0 Å². The van der Waals surface area contributed by atoms with Gasteiger partial charge in [-0.1, -0.05) is 79.7 Å². The average molecular weight is 1010 g/mol. The lowest BCUT2D eigenvalue weighted by molar-refractivity contribution is -0.118. The highest BCUT2D eigenvalue weighted by Gasteiger charge is 2.41. The Hall–Kier alpha value is -6.38. The fourth-order valence-electron chi connectivity index (χ4n) is 11.2. The Labute approximate surface area is 438 Å². The van der Waals surface area contributed by atoms with Gasteiger partial charge in [-0.05, 0) is 141 Å². The van der Waals surface area contributed by atoms with Gasteiger partial charge in [0.25, 0.3) is 23.6 Å². The summed E-state index contributed by atoms with van der Waals surface area (Å²) in [4.78, 5) is 91.3. The fraction of sp³-hybridized carbons (Fsp3) is 0.500. The van der Waals surface area contributed by atoms with Crippen molar-refractivity contribution in [1.29, 1.82) is 0 Å². The Bertz CT molecular complexity index is 2730. The zero-order chi connectivity index (χ0) is 52.9. The first-order chi connectivity index (χ1) is 35.3. The van der Waals surface area contributed by atoms with Gasteiger partial charge in [-0.2, -0.15) is 0 Å². The Kier molecular flexibility index (Phi) is 16.8. The topological polar surface area (TPSA) is 164 Å². The molecule has 0 saturated carbocycles. The molecule has 4 N–H and O–H groups in total. The van der Waals surface area contributed by atoms with Gasteiger partial charge in [0, 0.05) is 92.1 Å². The molecule has 3 atom stereocenters. The normalized spacial score (nSPS) is 20.2. The molecular formula is C60H78N8O6. The predicted octanol–water partition coefficient (Wildman–Crippen LogP) is 9.54. The smallest absolute Gasteiger partial charge is 0.255 e. The number of hydrogen-bond acceptors (Lipinski definition) is 8. The second kappa shape index (κ2) is 23.0. The Balaban J connectivity index is 0.957. The van der Waals surface area contributed by atoms with Crippen LogP contribution in [0.1, 0.15) is 166 Å². The van der Waals surface area contributed by atoms with Gasteiger partial charge in [-0.3, -0.25) is 33.7 Å². The monoisotopic (exact) mass is 1010 g/mol. The minimum atomic E-state index is -0.376. The average Bonchev–Trinajstić information content (AvgIpc) is 3.99. The van der Waals surface area contributed by atoms with Crippen LogP contribution in [0.15, 0.2) is 84.9 Å². The molecule has 3 unspecified atom stereocenters. The van der Waals surface area contributed by atoms with E-state index in [9.17, 15) is 28.8 Å². The maximum atomic E-state index is 14.5. The summed E-state index contributed by atoms with van der Waals surface area (Å²) in [7, 11) is 0. The van der Waals surface area contributed by atoms with Crippen LogP contribution in [0, 0.1) is 5.92 Å². The Morgan fingerprint density at radius 3 is 1.78 bits per heavy atom. The van der Waals surface area contributed by atoms with Crippen LogP contribution in [-0.4, -0.2) is 109 Å². The molecular weight excluding hydrogens is 929 g/mol. The Morgan fingerprint density at radius 2 is 1.16 bits per heavy atom. The largest absolute Gasteiger partial charge is 0.349 e. The van der Waals surface area contributed by atoms with Crippen molar-refractivity contribution in [3.8, 4) is 0 Å². The zero-order valence-electron chi connectivity index (χ0n) is 44.9. The summed E-state index contributed by atoms with van der Waals surface area (Å²) in [5, 5.41) is 12.7. The van der Waals surface area contributed by atoms with E-state index in [1.54, 1.807) is 52.3 Å². The molecule has 4 aromatic carbocycles. The maximum absolute atomic E-state index is 14.5. The van der Waals surface area contributed by atoms with E-state index < -0.39 is 0 Å². The number of nitrogens with zero attached hydrogens (tertiary/aromatic N) is 4. The van der Waals surface area contributed by atoms with E-state index in [2.05, 4.69) is 86.5 Å². The number of amides is 6. The van der Waals surface area contributed by atoms with Gasteiger partial charge in [0.2, 0.25) is 11.8 Å².